The van der Waals surface area contributed by atoms with Gasteiger partial charge in [-0.15, -0.1) is 0 Å². The van der Waals surface area contributed by atoms with Crippen LogP contribution >= 0.6 is 0 Å². The van der Waals surface area contributed by atoms with Gasteiger partial charge in [0.2, 0.25) is 11.8 Å². The fourth-order valence-electron chi connectivity index (χ4n) is 2.24. The number of amides is 2. The highest BCUT2D eigenvalue weighted by molar-refractivity contribution is 5.87. The molecule has 1 aliphatic heterocycles. The lowest BCUT2D eigenvalue weighted by Gasteiger charge is -2.34. The van der Waals surface area contributed by atoms with Gasteiger partial charge in [-0.1, -0.05) is 18.7 Å². The Bertz CT molecular complexity index is 522. The molecule has 20 heavy (non-hydrogen) atoms. The molecular formula is C15H17FN2O2. The van der Waals surface area contributed by atoms with Gasteiger partial charge in [-0.3, -0.25) is 9.59 Å². The minimum atomic E-state index is -0.336. The van der Waals surface area contributed by atoms with Crippen LogP contribution in [0.1, 0.15) is 5.56 Å². The zero-order valence-electron chi connectivity index (χ0n) is 11.2. The van der Waals surface area contributed by atoms with E-state index in [9.17, 15) is 14.0 Å². The highest BCUT2D eigenvalue weighted by atomic mass is 19.1. The number of carbonyl (C=O) groups is 2. The zero-order valence-corrected chi connectivity index (χ0v) is 11.2. The van der Waals surface area contributed by atoms with Crippen LogP contribution in [0.25, 0.3) is 0 Å². The van der Waals surface area contributed by atoms with Gasteiger partial charge in [-0.2, -0.15) is 0 Å². The number of piperazine rings is 1. The molecule has 1 aromatic rings. The molecule has 1 fully saturated rings. The van der Waals surface area contributed by atoms with Crippen LogP contribution in [0.15, 0.2) is 36.9 Å². The lowest BCUT2D eigenvalue weighted by atomic mass is 10.1. The van der Waals surface area contributed by atoms with E-state index in [2.05, 4.69) is 6.58 Å². The Labute approximate surface area is 117 Å². The maximum Gasteiger partial charge on any atom is 0.246 e. The minimum absolute atomic E-state index is 0.0405. The normalized spacial score (nSPS) is 15.1. The predicted octanol–water partition coefficient (Wildman–Crippen LogP) is 1.22. The van der Waals surface area contributed by atoms with E-state index in [1.807, 2.05) is 0 Å². The second-order valence-electron chi connectivity index (χ2n) is 4.72. The van der Waals surface area contributed by atoms with Crippen molar-refractivity contribution in [3.05, 3.63) is 48.3 Å². The zero-order chi connectivity index (χ0) is 14.5. The first-order valence-electron chi connectivity index (χ1n) is 6.53. The van der Waals surface area contributed by atoms with Gasteiger partial charge in [-0.05, 0) is 23.8 Å². The standard InChI is InChI=1S/C15H17FN2O2/c1-2-14(19)17-6-8-18(9-7-17)15(20)11-12-4-3-5-13(16)10-12/h2-5,10H,1,6-9,11H2. The van der Waals surface area contributed by atoms with Crippen LogP contribution in [0.3, 0.4) is 0 Å². The second-order valence-corrected chi connectivity index (χ2v) is 4.72. The number of hydrogen-bond acceptors (Lipinski definition) is 2. The van der Waals surface area contributed by atoms with Crippen molar-refractivity contribution in [2.75, 3.05) is 26.2 Å². The van der Waals surface area contributed by atoms with Crippen molar-refractivity contribution in [1.29, 1.82) is 0 Å². The molecule has 0 radical (unpaired) electrons. The first-order chi connectivity index (χ1) is 9.60. The summed E-state index contributed by atoms with van der Waals surface area (Å²) < 4.78 is 13.1. The van der Waals surface area contributed by atoms with Crippen LogP contribution in [-0.4, -0.2) is 47.8 Å². The Morgan fingerprint density at radius 2 is 1.85 bits per heavy atom. The number of nitrogens with zero attached hydrogens (tertiary/aromatic N) is 2. The third-order valence-electron chi connectivity index (χ3n) is 3.36. The predicted molar refractivity (Wildman–Crippen MR) is 73.5 cm³/mol. The molecule has 106 valence electrons. The van der Waals surface area contributed by atoms with E-state index in [0.29, 0.717) is 31.7 Å². The van der Waals surface area contributed by atoms with E-state index in [1.165, 1.54) is 18.2 Å². The molecule has 1 aliphatic rings. The fourth-order valence-corrected chi connectivity index (χ4v) is 2.24. The number of carbonyl (C=O) groups excluding carboxylic acids is 2. The molecule has 1 saturated heterocycles. The van der Waals surface area contributed by atoms with Crippen LogP contribution in [0.4, 0.5) is 4.39 Å². The third kappa shape index (κ3) is 3.44. The van der Waals surface area contributed by atoms with Crippen LogP contribution in [0, 0.1) is 5.82 Å². The molecule has 0 unspecified atom stereocenters. The second kappa shape index (κ2) is 6.32. The van der Waals surface area contributed by atoms with Gasteiger partial charge < -0.3 is 9.80 Å². The summed E-state index contributed by atoms with van der Waals surface area (Å²) in [6.07, 6.45) is 1.47. The fraction of sp³-hybridized carbons (Fsp3) is 0.333. The Morgan fingerprint density at radius 3 is 2.45 bits per heavy atom. The van der Waals surface area contributed by atoms with E-state index in [-0.39, 0.29) is 24.1 Å². The van der Waals surface area contributed by atoms with Crippen molar-refractivity contribution in [2.24, 2.45) is 0 Å². The highest BCUT2D eigenvalue weighted by Gasteiger charge is 2.22. The van der Waals surface area contributed by atoms with E-state index >= 15 is 0 Å². The van der Waals surface area contributed by atoms with E-state index in [4.69, 9.17) is 0 Å². The minimum Gasteiger partial charge on any atom is -0.339 e. The van der Waals surface area contributed by atoms with E-state index in [0.717, 1.165) is 0 Å². The SMILES string of the molecule is C=CC(=O)N1CCN(C(=O)Cc2cccc(F)c2)CC1. The molecule has 0 aliphatic carbocycles. The van der Waals surface area contributed by atoms with Gasteiger partial charge in [0.25, 0.3) is 0 Å². The molecule has 1 heterocycles. The molecular weight excluding hydrogens is 259 g/mol. The van der Waals surface area contributed by atoms with Gasteiger partial charge in [0, 0.05) is 26.2 Å². The summed E-state index contributed by atoms with van der Waals surface area (Å²) >= 11 is 0. The lowest BCUT2D eigenvalue weighted by molar-refractivity contribution is -0.136. The molecule has 0 atom stereocenters. The summed E-state index contributed by atoms with van der Waals surface area (Å²) in [7, 11) is 0. The molecule has 2 rings (SSSR count). The first-order valence-corrected chi connectivity index (χ1v) is 6.53. The summed E-state index contributed by atoms with van der Waals surface area (Å²) in [6, 6.07) is 6.06. The van der Waals surface area contributed by atoms with Crippen molar-refractivity contribution in [3.63, 3.8) is 0 Å². The molecule has 0 saturated carbocycles. The van der Waals surface area contributed by atoms with E-state index < -0.39 is 0 Å². The van der Waals surface area contributed by atoms with Crippen molar-refractivity contribution in [3.8, 4) is 0 Å². The number of rotatable bonds is 3. The summed E-state index contributed by atoms with van der Waals surface area (Å²) in [5.41, 5.74) is 0.666. The van der Waals surface area contributed by atoms with Crippen LogP contribution in [-0.2, 0) is 16.0 Å². The summed E-state index contributed by atoms with van der Waals surface area (Å²) in [4.78, 5) is 26.9. The van der Waals surface area contributed by atoms with Crippen LogP contribution in [0.2, 0.25) is 0 Å². The maximum absolute atomic E-state index is 13.1. The van der Waals surface area contributed by atoms with Gasteiger partial charge >= 0.3 is 0 Å². The van der Waals surface area contributed by atoms with Crippen LogP contribution < -0.4 is 0 Å². The molecule has 4 nitrogen and oxygen atoms in total. The lowest BCUT2D eigenvalue weighted by Crippen LogP contribution is -2.50. The summed E-state index contributed by atoms with van der Waals surface area (Å²) in [5, 5.41) is 0. The van der Waals surface area contributed by atoms with Crippen molar-refractivity contribution in [2.45, 2.75) is 6.42 Å². The third-order valence-corrected chi connectivity index (χ3v) is 3.36. The summed E-state index contributed by atoms with van der Waals surface area (Å²) in [5.74, 6) is -0.486. The smallest absolute Gasteiger partial charge is 0.246 e. The largest absolute Gasteiger partial charge is 0.339 e. The van der Waals surface area contributed by atoms with Gasteiger partial charge in [-0.25, -0.2) is 4.39 Å². The monoisotopic (exact) mass is 276 g/mol. The maximum atomic E-state index is 13.1. The molecule has 5 heteroatoms. The number of halogens is 1. The number of benzene rings is 1. The first kappa shape index (κ1) is 14.2. The topological polar surface area (TPSA) is 40.6 Å². The molecule has 0 N–H and O–H groups in total. The van der Waals surface area contributed by atoms with Gasteiger partial charge in [0.15, 0.2) is 0 Å². The average Bonchev–Trinajstić information content (AvgIpc) is 2.46. The Hall–Kier alpha value is -2.17. The molecule has 1 aromatic carbocycles. The molecule has 0 bridgehead atoms. The Balaban J connectivity index is 1.89. The highest BCUT2D eigenvalue weighted by Crippen LogP contribution is 2.09. The van der Waals surface area contributed by atoms with Crippen molar-refractivity contribution < 1.29 is 14.0 Å². The van der Waals surface area contributed by atoms with Crippen molar-refractivity contribution in [1.82, 2.24) is 9.80 Å². The average molecular weight is 276 g/mol. The van der Waals surface area contributed by atoms with Gasteiger partial charge in [0.05, 0.1) is 6.42 Å². The Morgan fingerprint density at radius 1 is 1.20 bits per heavy atom. The van der Waals surface area contributed by atoms with Crippen molar-refractivity contribution >= 4 is 11.8 Å². The molecule has 0 spiro atoms. The Kier molecular flexibility index (Phi) is 4.50. The quantitative estimate of drug-likeness (QED) is 0.779. The van der Waals surface area contributed by atoms with Gasteiger partial charge in [0.1, 0.15) is 5.82 Å². The molecule has 2 amide bonds. The number of hydrogen-bond donors (Lipinski definition) is 0. The van der Waals surface area contributed by atoms with E-state index in [1.54, 1.807) is 21.9 Å². The van der Waals surface area contributed by atoms with Crippen LogP contribution in [0.5, 0.6) is 0 Å². The molecule has 0 aromatic heterocycles. The summed E-state index contributed by atoms with van der Waals surface area (Å²) in [6.45, 7) is 5.49.